The lowest BCUT2D eigenvalue weighted by atomic mass is 9.76. The molecule has 2 N–H and O–H groups in total. The SMILES string of the molecule is OC1CCCC2CCCC1(O)C2. The van der Waals surface area contributed by atoms with Crippen LogP contribution in [0.3, 0.4) is 0 Å². The molecule has 0 aliphatic heterocycles. The average Bonchev–Trinajstić information content (AvgIpc) is 2.12. The van der Waals surface area contributed by atoms with Crippen molar-refractivity contribution in [3.63, 3.8) is 0 Å². The van der Waals surface area contributed by atoms with Gasteiger partial charge in [-0.05, 0) is 25.2 Å². The molecule has 12 heavy (non-hydrogen) atoms. The van der Waals surface area contributed by atoms with Crippen molar-refractivity contribution in [1.82, 2.24) is 0 Å². The molecule has 2 aliphatic rings. The fraction of sp³-hybridized carbons (Fsp3) is 1.00. The van der Waals surface area contributed by atoms with Crippen molar-refractivity contribution >= 4 is 0 Å². The van der Waals surface area contributed by atoms with Crippen molar-refractivity contribution in [2.45, 2.75) is 56.7 Å². The van der Waals surface area contributed by atoms with Gasteiger partial charge < -0.3 is 10.2 Å². The third-order valence-electron chi connectivity index (χ3n) is 3.57. The summed E-state index contributed by atoms with van der Waals surface area (Å²) in [5, 5.41) is 19.8. The fourth-order valence-corrected chi connectivity index (χ4v) is 2.82. The summed E-state index contributed by atoms with van der Waals surface area (Å²) >= 11 is 0. The van der Waals surface area contributed by atoms with Gasteiger partial charge in [-0.25, -0.2) is 0 Å². The Morgan fingerprint density at radius 3 is 2.67 bits per heavy atom. The van der Waals surface area contributed by atoms with Crippen LogP contribution in [0.5, 0.6) is 0 Å². The van der Waals surface area contributed by atoms with Gasteiger partial charge in [-0.15, -0.1) is 0 Å². The summed E-state index contributed by atoms with van der Waals surface area (Å²) in [4.78, 5) is 0. The van der Waals surface area contributed by atoms with Crippen LogP contribution in [0.2, 0.25) is 0 Å². The molecule has 0 heterocycles. The van der Waals surface area contributed by atoms with Crippen LogP contribution in [0.1, 0.15) is 44.9 Å². The van der Waals surface area contributed by atoms with Gasteiger partial charge in [0.2, 0.25) is 0 Å². The van der Waals surface area contributed by atoms with E-state index in [0.717, 1.165) is 32.1 Å². The van der Waals surface area contributed by atoms with Gasteiger partial charge >= 0.3 is 0 Å². The minimum atomic E-state index is -0.723. The highest BCUT2D eigenvalue weighted by atomic mass is 16.3. The normalized spacial score (nSPS) is 48.5. The quantitative estimate of drug-likeness (QED) is 0.577. The van der Waals surface area contributed by atoms with Crippen molar-refractivity contribution < 1.29 is 10.2 Å². The Morgan fingerprint density at radius 1 is 1.08 bits per heavy atom. The first kappa shape index (κ1) is 8.52. The monoisotopic (exact) mass is 170 g/mol. The molecule has 2 nitrogen and oxygen atoms in total. The van der Waals surface area contributed by atoms with Gasteiger partial charge in [0, 0.05) is 0 Å². The zero-order valence-corrected chi connectivity index (χ0v) is 7.50. The van der Waals surface area contributed by atoms with E-state index >= 15 is 0 Å². The molecule has 0 saturated heterocycles. The summed E-state index contributed by atoms with van der Waals surface area (Å²) in [6.07, 6.45) is 6.65. The Bertz CT molecular complexity index is 169. The Hall–Kier alpha value is -0.0800. The van der Waals surface area contributed by atoms with Crippen LogP contribution in [0, 0.1) is 5.92 Å². The van der Waals surface area contributed by atoms with E-state index in [1.165, 1.54) is 12.8 Å². The third-order valence-corrected chi connectivity index (χ3v) is 3.57. The lowest BCUT2D eigenvalue weighted by Crippen LogP contribution is -2.44. The second-order valence-corrected chi connectivity index (χ2v) is 4.51. The van der Waals surface area contributed by atoms with Gasteiger partial charge in [0.05, 0.1) is 11.7 Å². The Morgan fingerprint density at radius 2 is 1.83 bits per heavy atom. The average molecular weight is 170 g/mol. The van der Waals surface area contributed by atoms with Crippen LogP contribution in [0.15, 0.2) is 0 Å². The van der Waals surface area contributed by atoms with Gasteiger partial charge in [0.15, 0.2) is 0 Å². The Labute approximate surface area is 73.6 Å². The second kappa shape index (κ2) is 3.00. The Kier molecular flexibility index (Phi) is 2.13. The second-order valence-electron chi connectivity index (χ2n) is 4.51. The molecule has 2 fully saturated rings. The van der Waals surface area contributed by atoms with Crippen LogP contribution < -0.4 is 0 Å². The summed E-state index contributed by atoms with van der Waals surface area (Å²) in [6, 6.07) is 0. The number of aliphatic hydroxyl groups excluding tert-OH is 1. The van der Waals surface area contributed by atoms with Crippen molar-refractivity contribution in [3.05, 3.63) is 0 Å². The molecule has 3 atom stereocenters. The maximum Gasteiger partial charge on any atom is 0.0908 e. The predicted molar refractivity (Wildman–Crippen MR) is 46.8 cm³/mol. The number of fused-ring (bicyclic) bond motifs is 2. The van der Waals surface area contributed by atoms with E-state index in [1.54, 1.807) is 0 Å². The molecule has 0 aromatic heterocycles. The van der Waals surface area contributed by atoms with Crippen LogP contribution in [-0.4, -0.2) is 21.9 Å². The molecule has 3 unspecified atom stereocenters. The topological polar surface area (TPSA) is 40.5 Å². The molecular formula is C10H18O2. The van der Waals surface area contributed by atoms with Crippen molar-refractivity contribution in [2.75, 3.05) is 0 Å². The van der Waals surface area contributed by atoms with E-state index in [-0.39, 0.29) is 0 Å². The Balaban J connectivity index is 2.14. The van der Waals surface area contributed by atoms with E-state index in [0.29, 0.717) is 5.92 Å². The highest BCUT2D eigenvalue weighted by Gasteiger charge is 2.41. The first-order valence-corrected chi connectivity index (χ1v) is 5.11. The highest BCUT2D eigenvalue weighted by Crippen LogP contribution is 2.41. The summed E-state index contributed by atoms with van der Waals surface area (Å²) in [7, 11) is 0. The molecule has 0 amide bonds. The van der Waals surface area contributed by atoms with E-state index in [9.17, 15) is 10.2 Å². The van der Waals surface area contributed by atoms with Crippen molar-refractivity contribution in [3.8, 4) is 0 Å². The standard InChI is InChI=1S/C10H18O2/c11-9-5-1-3-8-4-2-6-10(9,12)7-8/h8-9,11-12H,1-7H2. The van der Waals surface area contributed by atoms with Gasteiger partial charge in [-0.2, -0.15) is 0 Å². The minimum absolute atomic E-state index is 0.456. The number of hydrogen-bond acceptors (Lipinski definition) is 2. The predicted octanol–water partition coefficient (Wildman–Crippen LogP) is 1.45. The molecule has 70 valence electrons. The van der Waals surface area contributed by atoms with E-state index < -0.39 is 11.7 Å². The zero-order chi connectivity index (χ0) is 8.60. The molecule has 2 saturated carbocycles. The lowest BCUT2D eigenvalue weighted by Gasteiger charge is -2.37. The molecule has 2 heteroatoms. The van der Waals surface area contributed by atoms with E-state index in [1.807, 2.05) is 0 Å². The largest absolute Gasteiger partial charge is 0.390 e. The maximum atomic E-state index is 10.1. The summed E-state index contributed by atoms with van der Waals surface area (Å²) < 4.78 is 0. The molecule has 2 aliphatic carbocycles. The number of hydrogen-bond donors (Lipinski definition) is 2. The summed E-state index contributed by atoms with van der Waals surface area (Å²) in [5.74, 6) is 0.681. The first-order valence-electron chi connectivity index (χ1n) is 5.11. The molecule has 0 aromatic rings. The van der Waals surface area contributed by atoms with Crippen LogP contribution in [-0.2, 0) is 0 Å². The highest BCUT2D eigenvalue weighted by molar-refractivity contribution is 4.94. The minimum Gasteiger partial charge on any atom is -0.390 e. The molecule has 2 bridgehead atoms. The van der Waals surface area contributed by atoms with Gasteiger partial charge in [0.1, 0.15) is 0 Å². The summed E-state index contributed by atoms with van der Waals surface area (Å²) in [6.45, 7) is 0. The fourth-order valence-electron chi connectivity index (χ4n) is 2.82. The molecule has 2 rings (SSSR count). The van der Waals surface area contributed by atoms with E-state index in [2.05, 4.69) is 0 Å². The molecule has 0 aromatic carbocycles. The molecular weight excluding hydrogens is 152 g/mol. The molecule has 0 radical (unpaired) electrons. The van der Waals surface area contributed by atoms with Crippen LogP contribution >= 0.6 is 0 Å². The first-order chi connectivity index (χ1) is 5.71. The molecule has 0 spiro atoms. The smallest absolute Gasteiger partial charge is 0.0908 e. The van der Waals surface area contributed by atoms with Crippen molar-refractivity contribution in [1.29, 1.82) is 0 Å². The number of rotatable bonds is 0. The number of aliphatic hydroxyl groups is 2. The lowest BCUT2D eigenvalue weighted by molar-refractivity contribution is -0.102. The van der Waals surface area contributed by atoms with E-state index in [4.69, 9.17) is 0 Å². The summed E-state index contributed by atoms with van der Waals surface area (Å²) in [5.41, 5.74) is -0.723. The third kappa shape index (κ3) is 1.38. The van der Waals surface area contributed by atoms with Crippen LogP contribution in [0.25, 0.3) is 0 Å². The van der Waals surface area contributed by atoms with Gasteiger partial charge in [0.25, 0.3) is 0 Å². The van der Waals surface area contributed by atoms with Crippen LogP contribution in [0.4, 0.5) is 0 Å². The van der Waals surface area contributed by atoms with Gasteiger partial charge in [-0.1, -0.05) is 25.7 Å². The van der Waals surface area contributed by atoms with Crippen molar-refractivity contribution in [2.24, 2.45) is 5.92 Å². The zero-order valence-electron chi connectivity index (χ0n) is 7.50. The van der Waals surface area contributed by atoms with Gasteiger partial charge in [-0.3, -0.25) is 0 Å². The maximum absolute atomic E-state index is 10.1.